The van der Waals surface area contributed by atoms with E-state index in [2.05, 4.69) is 53.4 Å². The molecule has 1 fully saturated rings. The predicted octanol–water partition coefficient (Wildman–Crippen LogP) is 5.71. The highest BCUT2D eigenvalue weighted by atomic mass is 19.1. The Morgan fingerprint density at radius 1 is 0.921 bits per heavy atom. The third-order valence-electron chi connectivity index (χ3n) is 7.20. The Morgan fingerprint density at radius 2 is 1.47 bits per heavy atom. The number of hydrogen-bond donors (Lipinski definition) is 0. The van der Waals surface area contributed by atoms with Gasteiger partial charge in [-0.3, -0.25) is 9.69 Å². The van der Waals surface area contributed by atoms with Gasteiger partial charge in [-0.2, -0.15) is 0 Å². The third kappa shape index (κ3) is 6.93. The van der Waals surface area contributed by atoms with Crippen LogP contribution in [0, 0.1) is 5.82 Å². The quantitative estimate of drug-likeness (QED) is 0.452. The van der Waals surface area contributed by atoms with Crippen molar-refractivity contribution >= 4 is 11.9 Å². The molecule has 0 N–H and O–H groups in total. The van der Waals surface area contributed by atoms with Crippen molar-refractivity contribution < 1.29 is 23.5 Å². The molecule has 0 bridgehead atoms. The largest absolute Gasteiger partial charge is 0.483 e. The van der Waals surface area contributed by atoms with Gasteiger partial charge in [0, 0.05) is 42.8 Å². The molecular weight excluding hydrogens is 483 g/mol. The van der Waals surface area contributed by atoms with Gasteiger partial charge in [-0.05, 0) is 54.5 Å². The molecule has 1 aliphatic rings. The molecule has 2 aromatic carbocycles. The summed E-state index contributed by atoms with van der Waals surface area (Å²) in [6.07, 6.45) is 0. The number of carbonyl (C=O) groups excluding carboxylic acids is 2. The monoisotopic (exact) mass is 526 g/mol. The highest BCUT2D eigenvalue weighted by molar-refractivity contribution is 5.90. The van der Waals surface area contributed by atoms with Crippen molar-refractivity contribution in [2.24, 2.45) is 0 Å². The van der Waals surface area contributed by atoms with Gasteiger partial charge in [-0.25, -0.2) is 9.18 Å². The Bertz CT molecular complexity index is 1110. The number of ether oxygens (including phenoxy) is 2. The average Bonchev–Trinajstić information content (AvgIpc) is 2.83. The van der Waals surface area contributed by atoms with Gasteiger partial charge in [-0.15, -0.1) is 0 Å². The summed E-state index contributed by atoms with van der Waals surface area (Å²) in [6.45, 7) is 18.5. The van der Waals surface area contributed by atoms with Crippen molar-refractivity contribution in [2.45, 2.75) is 84.8 Å². The predicted molar refractivity (Wildman–Crippen MR) is 148 cm³/mol. The molecular formula is C31H43FN2O4. The molecule has 2 unspecified atom stereocenters. The van der Waals surface area contributed by atoms with Crippen molar-refractivity contribution in [3.63, 3.8) is 0 Å². The lowest BCUT2D eigenvalue weighted by atomic mass is 9.78. The van der Waals surface area contributed by atoms with Gasteiger partial charge in [0.05, 0.1) is 12.7 Å². The number of amides is 1. The Hall–Kier alpha value is -2.93. The number of methoxy groups -OCH3 is 1. The Kier molecular flexibility index (Phi) is 8.92. The summed E-state index contributed by atoms with van der Waals surface area (Å²) in [4.78, 5) is 30.1. The zero-order valence-corrected chi connectivity index (χ0v) is 24.4. The van der Waals surface area contributed by atoms with Gasteiger partial charge >= 0.3 is 5.97 Å². The molecule has 0 saturated carbocycles. The summed E-state index contributed by atoms with van der Waals surface area (Å²) in [6, 6.07) is 10.4. The minimum Gasteiger partial charge on any atom is -0.483 e. The van der Waals surface area contributed by atoms with Crippen LogP contribution in [0.3, 0.4) is 0 Å². The maximum Gasteiger partial charge on any atom is 0.337 e. The normalized spacial score (nSPS) is 18.8. The number of carbonyl (C=O) groups is 2. The lowest BCUT2D eigenvalue weighted by Gasteiger charge is -2.44. The van der Waals surface area contributed by atoms with Crippen molar-refractivity contribution in [2.75, 3.05) is 26.8 Å². The van der Waals surface area contributed by atoms with Gasteiger partial charge in [-0.1, -0.05) is 53.7 Å². The van der Waals surface area contributed by atoms with Gasteiger partial charge in [0.15, 0.2) is 6.61 Å². The molecule has 2 aromatic rings. The van der Waals surface area contributed by atoms with Crippen LogP contribution in [0.5, 0.6) is 5.75 Å². The summed E-state index contributed by atoms with van der Waals surface area (Å²) in [5.74, 6) is -0.0519. The van der Waals surface area contributed by atoms with Gasteiger partial charge < -0.3 is 14.4 Å². The van der Waals surface area contributed by atoms with Crippen LogP contribution in [0.15, 0.2) is 36.4 Å². The Labute approximate surface area is 227 Å². The van der Waals surface area contributed by atoms with E-state index in [1.807, 2.05) is 36.1 Å². The topological polar surface area (TPSA) is 59.1 Å². The second kappa shape index (κ2) is 11.4. The Morgan fingerprint density at radius 3 is 1.97 bits per heavy atom. The number of piperazine rings is 1. The van der Waals surface area contributed by atoms with Crippen LogP contribution < -0.4 is 4.74 Å². The molecule has 0 radical (unpaired) electrons. The van der Waals surface area contributed by atoms with E-state index in [1.165, 1.54) is 19.2 Å². The van der Waals surface area contributed by atoms with E-state index in [0.717, 1.165) is 23.2 Å². The summed E-state index contributed by atoms with van der Waals surface area (Å²) in [5, 5.41) is 0. The van der Waals surface area contributed by atoms with E-state index in [4.69, 9.17) is 9.47 Å². The fraction of sp³-hybridized carbons (Fsp3) is 0.548. The maximum absolute atomic E-state index is 13.4. The van der Waals surface area contributed by atoms with Crippen molar-refractivity contribution in [3.8, 4) is 5.75 Å². The van der Waals surface area contributed by atoms with E-state index >= 15 is 0 Å². The number of benzene rings is 2. The highest BCUT2D eigenvalue weighted by Gasteiger charge is 2.34. The van der Waals surface area contributed by atoms with Crippen LogP contribution in [0.2, 0.25) is 0 Å². The number of nitrogens with zero attached hydrogens (tertiary/aromatic N) is 2. The highest BCUT2D eigenvalue weighted by Crippen LogP contribution is 2.41. The molecule has 208 valence electrons. The summed E-state index contributed by atoms with van der Waals surface area (Å²) in [5.41, 5.74) is 2.60. The molecule has 1 aliphatic heterocycles. The second-order valence-electron chi connectivity index (χ2n) is 12.5. The minimum absolute atomic E-state index is 0.00798. The average molecular weight is 527 g/mol. The molecule has 2 atom stereocenters. The van der Waals surface area contributed by atoms with Crippen LogP contribution in [0.25, 0.3) is 0 Å². The van der Waals surface area contributed by atoms with Crippen molar-refractivity contribution in [1.82, 2.24) is 9.80 Å². The maximum atomic E-state index is 13.4. The number of hydrogen-bond acceptors (Lipinski definition) is 5. The lowest BCUT2D eigenvalue weighted by molar-refractivity contribution is -0.139. The Balaban J connectivity index is 1.80. The zero-order valence-electron chi connectivity index (χ0n) is 24.4. The second-order valence-corrected chi connectivity index (χ2v) is 12.5. The molecule has 1 heterocycles. The molecule has 1 amide bonds. The van der Waals surface area contributed by atoms with Crippen LogP contribution in [-0.2, 0) is 26.9 Å². The van der Waals surface area contributed by atoms with Gasteiger partial charge in [0.1, 0.15) is 11.6 Å². The van der Waals surface area contributed by atoms with Crippen molar-refractivity contribution in [1.29, 1.82) is 0 Å². The van der Waals surface area contributed by atoms with Crippen LogP contribution in [-0.4, -0.2) is 60.6 Å². The lowest BCUT2D eigenvalue weighted by Crippen LogP contribution is -2.58. The summed E-state index contributed by atoms with van der Waals surface area (Å²) >= 11 is 0. The van der Waals surface area contributed by atoms with Crippen LogP contribution in [0.4, 0.5) is 4.39 Å². The fourth-order valence-corrected chi connectivity index (χ4v) is 4.94. The molecule has 38 heavy (non-hydrogen) atoms. The van der Waals surface area contributed by atoms with E-state index in [-0.39, 0.29) is 41.2 Å². The van der Waals surface area contributed by atoms with Gasteiger partial charge in [0.2, 0.25) is 0 Å². The van der Waals surface area contributed by atoms with Gasteiger partial charge in [0.25, 0.3) is 5.91 Å². The number of halogens is 1. The smallest absolute Gasteiger partial charge is 0.337 e. The molecule has 0 spiro atoms. The molecule has 0 aliphatic carbocycles. The first kappa shape index (κ1) is 29.6. The third-order valence-corrected chi connectivity index (χ3v) is 7.20. The molecule has 6 nitrogen and oxygen atoms in total. The van der Waals surface area contributed by atoms with E-state index in [1.54, 1.807) is 0 Å². The summed E-state index contributed by atoms with van der Waals surface area (Å²) in [7, 11) is 1.38. The molecule has 0 aromatic heterocycles. The number of esters is 1. The fourth-order valence-electron chi connectivity index (χ4n) is 4.94. The standard InChI is InChI=1S/C31H43FN2O4/c1-20-17-34(21(2)16-33(20)18-22-10-12-24(32)13-11-22)27(35)19-38-28-25(30(3,4)5)14-23(29(36)37-9)15-26(28)31(6,7)8/h10-15,20-21H,16-19H2,1-9H3. The SMILES string of the molecule is COC(=O)c1cc(C(C)(C)C)c(OCC(=O)N2CC(C)N(Cc3ccc(F)cc3)CC2C)c(C(C)(C)C)c1. The molecule has 3 rings (SSSR count). The zero-order chi connectivity index (χ0) is 28.4. The van der Waals surface area contributed by atoms with Crippen LogP contribution >= 0.6 is 0 Å². The first-order valence-corrected chi connectivity index (χ1v) is 13.3. The minimum atomic E-state index is -0.398. The first-order chi connectivity index (χ1) is 17.6. The van der Waals surface area contributed by atoms with E-state index in [9.17, 15) is 14.0 Å². The summed E-state index contributed by atoms with van der Waals surface area (Å²) < 4.78 is 24.6. The van der Waals surface area contributed by atoms with E-state index < -0.39 is 5.97 Å². The molecule has 7 heteroatoms. The van der Waals surface area contributed by atoms with Crippen molar-refractivity contribution in [3.05, 3.63) is 64.5 Å². The van der Waals surface area contributed by atoms with E-state index in [0.29, 0.717) is 24.4 Å². The van der Waals surface area contributed by atoms with Crippen LogP contribution in [0.1, 0.15) is 82.4 Å². The molecule has 1 saturated heterocycles. The first-order valence-electron chi connectivity index (χ1n) is 13.3. The number of rotatable bonds is 6.